The van der Waals surface area contributed by atoms with Gasteiger partial charge in [-0.15, -0.1) is 0 Å². The van der Waals surface area contributed by atoms with Crippen LogP contribution in [0.3, 0.4) is 0 Å². The quantitative estimate of drug-likeness (QED) is 0.877. The summed E-state index contributed by atoms with van der Waals surface area (Å²) in [5, 5.41) is 0. The van der Waals surface area contributed by atoms with Gasteiger partial charge in [-0.3, -0.25) is 9.78 Å². The minimum Gasteiger partial charge on any atom is -0.334 e. The van der Waals surface area contributed by atoms with Gasteiger partial charge in [0.05, 0.1) is 12.2 Å². The molecular formula is C15H21N3O. The van der Waals surface area contributed by atoms with E-state index < -0.39 is 0 Å². The summed E-state index contributed by atoms with van der Waals surface area (Å²) in [6, 6.07) is 6.26. The molecule has 1 aromatic heterocycles. The summed E-state index contributed by atoms with van der Waals surface area (Å²) >= 11 is 0. The first-order valence-corrected chi connectivity index (χ1v) is 7.15. The Morgan fingerprint density at radius 3 is 2.74 bits per heavy atom. The Labute approximate surface area is 114 Å². The molecule has 0 aliphatic heterocycles. The lowest BCUT2D eigenvalue weighted by Crippen LogP contribution is -2.50. The number of carbonyl (C=O) groups excluding carboxylic acids is 1. The Morgan fingerprint density at radius 2 is 2.21 bits per heavy atom. The zero-order valence-electron chi connectivity index (χ0n) is 11.2. The van der Waals surface area contributed by atoms with Gasteiger partial charge in [-0.25, -0.2) is 0 Å². The van der Waals surface area contributed by atoms with Gasteiger partial charge in [-0.2, -0.15) is 0 Å². The highest BCUT2D eigenvalue weighted by Gasteiger charge is 2.39. The third-order valence-electron chi connectivity index (χ3n) is 4.22. The predicted molar refractivity (Wildman–Crippen MR) is 73.2 cm³/mol. The second-order valence-corrected chi connectivity index (χ2v) is 5.97. The van der Waals surface area contributed by atoms with Gasteiger partial charge in [0.25, 0.3) is 0 Å². The lowest BCUT2D eigenvalue weighted by Gasteiger charge is -2.39. The number of rotatable bonds is 5. The molecule has 19 heavy (non-hydrogen) atoms. The second-order valence-electron chi connectivity index (χ2n) is 5.97. The summed E-state index contributed by atoms with van der Waals surface area (Å²) in [6.07, 6.45) is 7.65. The van der Waals surface area contributed by atoms with E-state index in [1.165, 1.54) is 0 Å². The highest BCUT2D eigenvalue weighted by Crippen LogP contribution is 2.35. The van der Waals surface area contributed by atoms with Crippen LogP contribution in [0.25, 0.3) is 0 Å². The first-order chi connectivity index (χ1) is 9.16. The van der Waals surface area contributed by atoms with Crippen LogP contribution in [0.15, 0.2) is 24.4 Å². The number of pyridine rings is 1. The number of hydrogen-bond donors (Lipinski definition) is 1. The van der Waals surface area contributed by atoms with E-state index in [1.807, 2.05) is 23.1 Å². The minimum atomic E-state index is -0.228. The smallest absolute Gasteiger partial charge is 0.225 e. The summed E-state index contributed by atoms with van der Waals surface area (Å²) in [7, 11) is 0. The largest absolute Gasteiger partial charge is 0.334 e. The van der Waals surface area contributed by atoms with Crippen LogP contribution in [-0.4, -0.2) is 27.4 Å². The molecule has 0 atom stereocenters. The molecular weight excluding hydrogens is 238 g/mol. The molecule has 1 heterocycles. The van der Waals surface area contributed by atoms with Crippen molar-refractivity contribution in [3.8, 4) is 0 Å². The van der Waals surface area contributed by atoms with Crippen molar-refractivity contribution in [2.24, 2.45) is 5.73 Å². The van der Waals surface area contributed by atoms with E-state index in [1.54, 1.807) is 6.20 Å². The fourth-order valence-corrected chi connectivity index (χ4v) is 2.68. The molecule has 1 amide bonds. The predicted octanol–water partition coefficient (Wildman–Crippen LogP) is 1.84. The summed E-state index contributed by atoms with van der Waals surface area (Å²) in [6.45, 7) is 0.625. The molecule has 4 heteroatoms. The first kappa shape index (κ1) is 12.6. The molecule has 1 aromatic rings. The van der Waals surface area contributed by atoms with Crippen LogP contribution in [0.1, 0.15) is 44.2 Å². The van der Waals surface area contributed by atoms with Crippen LogP contribution < -0.4 is 5.73 Å². The SMILES string of the molecule is NC1(CC(=O)N(Cc2ccccn2)C2CC2)CCC1. The van der Waals surface area contributed by atoms with Crippen LogP contribution in [0.2, 0.25) is 0 Å². The van der Waals surface area contributed by atoms with Gasteiger partial charge in [-0.1, -0.05) is 6.07 Å². The van der Waals surface area contributed by atoms with Gasteiger partial charge in [0.2, 0.25) is 5.91 Å². The molecule has 0 spiro atoms. The Kier molecular flexibility index (Phi) is 3.27. The number of hydrogen-bond acceptors (Lipinski definition) is 3. The molecule has 4 nitrogen and oxygen atoms in total. The highest BCUT2D eigenvalue weighted by atomic mass is 16.2. The van der Waals surface area contributed by atoms with Crippen molar-refractivity contribution in [2.45, 2.75) is 56.7 Å². The van der Waals surface area contributed by atoms with E-state index in [0.29, 0.717) is 19.0 Å². The lowest BCUT2D eigenvalue weighted by molar-refractivity contribution is -0.134. The average molecular weight is 259 g/mol. The van der Waals surface area contributed by atoms with Crippen LogP contribution in [0.4, 0.5) is 0 Å². The average Bonchev–Trinajstić information content (AvgIpc) is 3.19. The van der Waals surface area contributed by atoms with E-state index in [0.717, 1.165) is 37.8 Å². The molecule has 2 aliphatic rings. The Balaban J connectivity index is 1.65. The van der Waals surface area contributed by atoms with E-state index in [9.17, 15) is 4.79 Å². The molecule has 0 bridgehead atoms. The number of nitrogens with two attached hydrogens (primary N) is 1. The maximum absolute atomic E-state index is 12.5. The van der Waals surface area contributed by atoms with Crippen molar-refractivity contribution in [1.29, 1.82) is 0 Å². The standard InChI is InChI=1S/C15H21N3O/c16-15(7-3-8-15)10-14(19)18(13-5-6-13)11-12-4-1-2-9-17-12/h1-2,4,9,13H,3,5-8,10-11,16H2. The molecule has 2 saturated carbocycles. The van der Waals surface area contributed by atoms with Crippen molar-refractivity contribution >= 4 is 5.91 Å². The fourth-order valence-electron chi connectivity index (χ4n) is 2.68. The number of amides is 1. The number of aromatic nitrogens is 1. The molecule has 2 aliphatic carbocycles. The molecule has 3 rings (SSSR count). The molecule has 0 unspecified atom stereocenters. The molecule has 102 valence electrons. The van der Waals surface area contributed by atoms with Crippen LogP contribution in [0.5, 0.6) is 0 Å². The van der Waals surface area contributed by atoms with E-state index in [2.05, 4.69) is 4.98 Å². The summed E-state index contributed by atoms with van der Waals surface area (Å²) in [4.78, 5) is 18.8. The Hall–Kier alpha value is -1.42. The molecule has 2 fully saturated rings. The van der Waals surface area contributed by atoms with Crippen LogP contribution >= 0.6 is 0 Å². The zero-order chi connectivity index (χ0) is 13.3. The van der Waals surface area contributed by atoms with Crippen molar-refractivity contribution in [2.75, 3.05) is 0 Å². The summed E-state index contributed by atoms with van der Waals surface area (Å²) in [5.41, 5.74) is 6.93. The Morgan fingerprint density at radius 1 is 1.42 bits per heavy atom. The van der Waals surface area contributed by atoms with Crippen LogP contribution in [0, 0.1) is 0 Å². The van der Waals surface area contributed by atoms with Crippen molar-refractivity contribution in [3.05, 3.63) is 30.1 Å². The first-order valence-electron chi connectivity index (χ1n) is 7.15. The molecule has 0 aromatic carbocycles. The monoisotopic (exact) mass is 259 g/mol. The minimum absolute atomic E-state index is 0.204. The molecule has 2 N–H and O–H groups in total. The summed E-state index contributed by atoms with van der Waals surface area (Å²) in [5.74, 6) is 0.204. The maximum Gasteiger partial charge on any atom is 0.225 e. The maximum atomic E-state index is 12.5. The highest BCUT2D eigenvalue weighted by molar-refractivity contribution is 5.78. The van der Waals surface area contributed by atoms with Crippen molar-refractivity contribution < 1.29 is 4.79 Å². The van der Waals surface area contributed by atoms with Gasteiger partial charge < -0.3 is 10.6 Å². The molecule has 0 radical (unpaired) electrons. The number of nitrogens with zero attached hydrogens (tertiary/aromatic N) is 2. The lowest BCUT2D eigenvalue weighted by atomic mass is 9.75. The van der Waals surface area contributed by atoms with Crippen LogP contribution in [-0.2, 0) is 11.3 Å². The van der Waals surface area contributed by atoms with Gasteiger partial charge >= 0.3 is 0 Å². The van der Waals surface area contributed by atoms with Crippen molar-refractivity contribution in [1.82, 2.24) is 9.88 Å². The second kappa shape index (κ2) is 4.93. The summed E-state index contributed by atoms with van der Waals surface area (Å²) < 4.78 is 0. The normalized spacial score (nSPS) is 20.7. The molecule has 0 saturated heterocycles. The third kappa shape index (κ3) is 2.95. The number of carbonyl (C=O) groups is 1. The fraction of sp³-hybridized carbons (Fsp3) is 0.600. The van der Waals surface area contributed by atoms with Gasteiger partial charge in [0.15, 0.2) is 0 Å². The topological polar surface area (TPSA) is 59.2 Å². The van der Waals surface area contributed by atoms with E-state index >= 15 is 0 Å². The third-order valence-corrected chi connectivity index (χ3v) is 4.22. The van der Waals surface area contributed by atoms with Gasteiger partial charge in [-0.05, 0) is 44.2 Å². The Bertz CT molecular complexity index is 452. The van der Waals surface area contributed by atoms with Gasteiger partial charge in [0, 0.05) is 24.2 Å². The van der Waals surface area contributed by atoms with Crippen molar-refractivity contribution in [3.63, 3.8) is 0 Å². The zero-order valence-corrected chi connectivity index (χ0v) is 11.2. The van der Waals surface area contributed by atoms with E-state index in [4.69, 9.17) is 5.73 Å². The van der Waals surface area contributed by atoms with Gasteiger partial charge in [0.1, 0.15) is 0 Å². The van der Waals surface area contributed by atoms with E-state index in [-0.39, 0.29) is 11.4 Å².